The van der Waals surface area contributed by atoms with Crippen molar-refractivity contribution in [2.24, 2.45) is 16.1 Å². The number of nitrogens with zero attached hydrogens (tertiary/aromatic N) is 4. The van der Waals surface area contributed by atoms with Crippen molar-refractivity contribution in [3.8, 4) is 11.5 Å². The molecule has 1 atom stereocenters. The maximum atomic E-state index is 10.2. The van der Waals surface area contributed by atoms with E-state index in [2.05, 4.69) is 26.2 Å². The fraction of sp³-hybridized carbons (Fsp3) is 0.300. The van der Waals surface area contributed by atoms with Crippen LogP contribution in [-0.4, -0.2) is 31.6 Å². The van der Waals surface area contributed by atoms with Gasteiger partial charge in [0.25, 0.3) is 0 Å². The molecular weight excluding hydrogens is 328 g/mol. The van der Waals surface area contributed by atoms with Gasteiger partial charge in [-0.3, -0.25) is 9.97 Å². The quantitative estimate of drug-likeness (QED) is 0.867. The molecule has 2 aliphatic rings. The molecule has 0 spiro atoms. The van der Waals surface area contributed by atoms with E-state index in [1.807, 2.05) is 0 Å². The predicted molar refractivity (Wildman–Crippen MR) is 99.5 cm³/mol. The van der Waals surface area contributed by atoms with Crippen molar-refractivity contribution in [2.75, 3.05) is 0 Å². The van der Waals surface area contributed by atoms with Gasteiger partial charge in [-0.25, -0.2) is 0 Å². The standard InChI is InChI=1S/C20H20N4O2/c25-15-9-5-11-21-19(15)17-13-7-3-1-2-4-8-14(13)18(24-23-17)20-16(26)10-6-12-22-20/h5-7,9-12,14,25-26H,1-4,8H2. The average Bonchev–Trinajstić information content (AvgIpc) is 2.63. The second-order valence-electron chi connectivity index (χ2n) is 6.53. The molecule has 4 rings (SSSR count). The van der Waals surface area contributed by atoms with Gasteiger partial charge in [-0.05, 0) is 49.1 Å². The zero-order valence-electron chi connectivity index (χ0n) is 14.3. The highest BCUT2D eigenvalue weighted by molar-refractivity contribution is 6.20. The van der Waals surface area contributed by atoms with Gasteiger partial charge in [0.2, 0.25) is 0 Å². The number of aromatic nitrogens is 2. The minimum absolute atomic E-state index is 0.0231. The summed E-state index contributed by atoms with van der Waals surface area (Å²) in [6, 6.07) is 6.60. The van der Waals surface area contributed by atoms with Crippen molar-refractivity contribution in [1.82, 2.24) is 9.97 Å². The lowest BCUT2D eigenvalue weighted by molar-refractivity contribution is 0.469. The molecule has 2 N–H and O–H groups in total. The predicted octanol–water partition coefficient (Wildman–Crippen LogP) is 3.60. The van der Waals surface area contributed by atoms with Crippen LogP contribution in [0.2, 0.25) is 0 Å². The van der Waals surface area contributed by atoms with E-state index in [-0.39, 0.29) is 17.4 Å². The molecule has 26 heavy (non-hydrogen) atoms. The molecule has 0 bridgehead atoms. The van der Waals surface area contributed by atoms with Gasteiger partial charge in [0.05, 0.1) is 5.71 Å². The van der Waals surface area contributed by atoms with Crippen molar-refractivity contribution >= 4 is 11.4 Å². The monoisotopic (exact) mass is 348 g/mol. The topological polar surface area (TPSA) is 91.0 Å². The van der Waals surface area contributed by atoms with Gasteiger partial charge >= 0.3 is 0 Å². The fourth-order valence-electron chi connectivity index (χ4n) is 3.57. The third-order valence-corrected chi connectivity index (χ3v) is 4.84. The van der Waals surface area contributed by atoms with Crippen molar-refractivity contribution in [2.45, 2.75) is 32.1 Å². The number of hydrogen-bond donors (Lipinski definition) is 2. The first kappa shape index (κ1) is 16.4. The Bertz CT molecular complexity index is 918. The smallest absolute Gasteiger partial charge is 0.143 e. The van der Waals surface area contributed by atoms with Crippen molar-refractivity contribution in [1.29, 1.82) is 0 Å². The molecule has 6 heteroatoms. The van der Waals surface area contributed by atoms with Gasteiger partial charge in [0.1, 0.15) is 28.6 Å². The second-order valence-corrected chi connectivity index (χ2v) is 6.53. The Balaban J connectivity index is 1.88. The molecule has 0 radical (unpaired) electrons. The van der Waals surface area contributed by atoms with Crippen molar-refractivity contribution in [3.63, 3.8) is 0 Å². The number of pyridine rings is 2. The Morgan fingerprint density at radius 1 is 0.846 bits per heavy atom. The van der Waals surface area contributed by atoms with Gasteiger partial charge < -0.3 is 10.2 Å². The van der Waals surface area contributed by atoms with Gasteiger partial charge in [0.15, 0.2) is 0 Å². The van der Waals surface area contributed by atoms with Crippen LogP contribution >= 0.6 is 0 Å². The van der Waals surface area contributed by atoms with Gasteiger partial charge in [0, 0.05) is 18.3 Å². The average molecular weight is 348 g/mol. The number of rotatable bonds is 2. The molecule has 2 aromatic heterocycles. The zero-order valence-corrected chi connectivity index (χ0v) is 14.3. The first-order valence-corrected chi connectivity index (χ1v) is 8.90. The van der Waals surface area contributed by atoms with Crippen LogP contribution in [0.5, 0.6) is 11.5 Å². The van der Waals surface area contributed by atoms with Crippen LogP contribution in [0.25, 0.3) is 0 Å². The molecule has 0 saturated heterocycles. The molecule has 0 fully saturated rings. The summed E-state index contributed by atoms with van der Waals surface area (Å²) in [7, 11) is 0. The van der Waals surface area contributed by atoms with E-state index in [0.717, 1.165) is 37.7 Å². The highest BCUT2D eigenvalue weighted by Gasteiger charge is 2.33. The van der Waals surface area contributed by atoms with Crippen molar-refractivity contribution < 1.29 is 10.2 Å². The van der Waals surface area contributed by atoms with E-state index in [9.17, 15) is 10.2 Å². The summed E-state index contributed by atoms with van der Waals surface area (Å²) in [5.74, 6) is 0.171. The maximum absolute atomic E-state index is 10.2. The molecule has 132 valence electrons. The molecule has 6 nitrogen and oxygen atoms in total. The number of aromatic hydroxyl groups is 2. The molecular formula is C20H20N4O2. The van der Waals surface area contributed by atoms with Crippen LogP contribution in [0.1, 0.15) is 43.5 Å². The van der Waals surface area contributed by atoms with E-state index in [4.69, 9.17) is 0 Å². The summed E-state index contributed by atoms with van der Waals surface area (Å²) < 4.78 is 0. The molecule has 0 aromatic carbocycles. The summed E-state index contributed by atoms with van der Waals surface area (Å²) in [4.78, 5) is 8.63. The summed E-state index contributed by atoms with van der Waals surface area (Å²) in [6.45, 7) is 0. The van der Waals surface area contributed by atoms with E-state index in [1.54, 1.807) is 36.7 Å². The Hall–Kier alpha value is -3.02. The molecule has 0 amide bonds. The van der Waals surface area contributed by atoms with Crippen molar-refractivity contribution in [3.05, 3.63) is 59.7 Å². The first-order valence-electron chi connectivity index (χ1n) is 8.90. The largest absolute Gasteiger partial charge is 0.506 e. The Kier molecular flexibility index (Phi) is 4.48. The second kappa shape index (κ2) is 7.07. The Labute approximate surface area is 151 Å². The Morgan fingerprint density at radius 2 is 1.58 bits per heavy atom. The van der Waals surface area contributed by atoms with Gasteiger partial charge in [-0.1, -0.05) is 18.9 Å². The van der Waals surface area contributed by atoms with Crippen LogP contribution < -0.4 is 0 Å². The first-order chi connectivity index (χ1) is 12.8. The third kappa shape index (κ3) is 2.98. The highest BCUT2D eigenvalue weighted by atomic mass is 16.3. The molecule has 1 aliphatic heterocycles. The molecule has 2 aromatic rings. The van der Waals surface area contributed by atoms with E-state index in [1.165, 1.54) is 0 Å². The summed E-state index contributed by atoms with van der Waals surface area (Å²) in [5, 5.41) is 29.3. The molecule has 0 saturated carbocycles. The normalized spacial score (nSPS) is 20.2. The van der Waals surface area contributed by atoms with Crippen LogP contribution in [0.15, 0.2) is 58.5 Å². The van der Waals surface area contributed by atoms with E-state index < -0.39 is 0 Å². The number of hydrogen-bond acceptors (Lipinski definition) is 6. The zero-order chi connectivity index (χ0) is 17.9. The summed E-state index contributed by atoms with van der Waals surface area (Å²) in [5.41, 5.74) is 3.20. The summed E-state index contributed by atoms with van der Waals surface area (Å²) >= 11 is 0. The minimum Gasteiger partial charge on any atom is -0.506 e. The Morgan fingerprint density at radius 3 is 2.31 bits per heavy atom. The van der Waals surface area contributed by atoms with Crippen LogP contribution in [0.4, 0.5) is 0 Å². The fourth-order valence-corrected chi connectivity index (χ4v) is 3.57. The van der Waals surface area contributed by atoms with Crippen LogP contribution in [0, 0.1) is 5.92 Å². The molecule has 1 unspecified atom stereocenters. The van der Waals surface area contributed by atoms with E-state index in [0.29, 0.717) is 22.8 Å². The third-order valence-electron chi connectivity index (χ3n) is 4.84. The van der Waals surface area contributed by atoms with Gasteiger partial charge in [-0.2, -0.15) is 5.10 Å². The van der Waals surface area contributed by atoms with E-state index >= 15 is 0 Å². The summed E-state index contributed by atoms with van der Waals surface area (Å²) in [6.07, 6.45) is 10.6. The lowest BCUT2D eigenvalue weighted by atomic mass is 9.80. The number of fused-ring (bicyclic) bond motifs is 1. The maximum Gasteiger partial charge on any atom is 0.143 e. The van der Waals surface area contributed by atoms with Gasteiger partial charge in [-0.15, -0.1) is 5.10 Å². The highest BCUT2D eigenvalue weighted by Crippen LogP contribution is 2.35. The minimum atomic E-state index is -0.0231. The lowest BCUT2D eigenvalue weighted by Gasteiger charge is -2.27. The molecule has 1 aliphatic carbocycles. The number of allylic oxidation sites excluding steroid dienone is 2. The molecule has 3 heterocycles. The van der Waals surface area contributed by atoms with Crippen LogP contribution in [0.3, 0.4) is 0 Å². The SMILES string of the molecule is Oc1cccnc1C1=NN=C(c2ncccc2O)C2CCCCCC=C12. The van der Waals surface area contributed by atoms with Crippen LogP contribution in [-0.2, 0) is 0 Å². The lowest BCUT2D eigenvalue weighted by Crippen LogP contribution is -2.28.